The van der Waals surface area contributed by atoms with Gasteiger partial charge in [0.25, 0.3) is 6.29 Å². The molecule has 1 fully saturated rings. The SMILES string of the molecule is CCC(=O)c1ccc(F)c(C2CC2NC(=O)Nc2ccc(Br)cn2)c1OC(O)C(=O)C(C)COC(=O)[C@@H](N)[C@@H](C)CC. The number of ketones is 2. The molecule has 1 heterocycles. The van der Waals surface area contributed by atoms with Gasteiger partial charge in [-0.1, -0.05) is 34.1 Å². The number of ether oxygens (including phenoxy) is 2. The molecular weight excluding hydrogens is 615 g/mol. The molecule has 2 amide bonds. The Kier molecular flexibility index (Phi) is 11.5. The molecule has 1 aromatic carbocycles. The first-order valence-corrected chi connectivity index (χ1v) is 14.5. The molecule has 1 aliphatic rings. The number of anilines is 1. The smallest absolute Gasteiger partial charge is 0.323 e. The van der Waals surface area contributed by atoms with Crippen molar-refractivity contribution in [2.75, 3.05) is 11.9 Å². The number of benzene rings is 1. The number of nitrogens with one attached hydrogen (secondary N) is 2. The Balaban J connectivity index is 1.73. The summed E-state index contributed by atoms with van der Waals surface area (Å²) in [5.41, 5.74) is 5.83. The maximum atomic E-state index is 15.2. The molecular formula is C29H36BrFN4O7. The number of hydrogen-bond acceptors (Lipinski definition) is 9. The molecule has 4 unspecified atom stereocenters. The summed E-state index contributed by atoms with van der Waals surface area (Å²) in [5.74, 6) is -4.28. The lowest BCUT2D eigenvalue weighted by atomic mass is 9.99. The third kappa shape index (κ3) is 8.33. The number of esters is 1. The van der Waals surface area contributed by atoms with Gasteiger partial charge in [-0.15, -0.1) is 0 Å². The van der Waals surface area contributed by atoms with Crippen molar-refractivity contribution in [3.05, 3.63) is 51.9 Å². The molecule has 1 saturated carbocycles. The van der Waals surface area contributed by atoms with Crippen LogP contribution < -0.4 is 21.1 Å². The number of Topliss-reactive ketones (excluding diaryl/α,β-unsaturated/α-hetero) is 2. The zero-order valence-corrected chi connectivity index (χ0v) is 25.4. The van der Waals surface area contributed by atoms with E-state index in [1.807, 2.05) is 6.92 Å². The summed E-state index contributed by atoms with van der Waals surface area (Å²) in [6.45, 7) is 6.37. The summed E-state index contributed by atoms with van der Waals surface area (Å²) >= 11 is 3.26. The molecule has 0 spiro atoms. The fourth-order valence-electron chi connectivity index (χ4n) is 4.19. The number of rotatable bonds is 14. The summed E-state index contributed by atoms with van der Waals surface area (Å²) < 4.78 is 26.7. The highest BCUT2D eigenvalue weighted by molar-refractivity contribution is 9.10. The van der Waals surface area contributed by atoms with Crippen molar-refractivity contribution in [1.82, 2.24) is 10.3 Å². The molecule has 2 aromatic rings. The van der Waals surface area contributed by atoms with Crippen molar-refractivity contribution >= 4 is 45.3 Å². The van der Waals surface area contributed by atoms with Crippen molar-refractivity contribution in [2.24, 2.45) is 17.6 Å². The lowest BCUT2D eigenvalue weighted by molar-refractivity contribution is -0.153. The largest absolute Gasteiger partial charge is 0.464 e. The highest BCUT2D eigenvalue weighted by Crippen LogP contribution is 2.47. The predicted octanol–water partition coefficient (Wildman–Crippen LogP) is 4.07. The molecule has 228 valence electrons. The van der Waals surface area contributed by atoms with Crippen LogP contribution in [0.1, 0.15) is 68.8 Å². The van der Waals surface area contributed by atoms with E-state index in [1.54, 1.807) is 26.0 Å². The maximum Gasteiger partial charge on any atom is 0.323 e. The molecule has 11 nitrogen and oxygen atoms in total. The van der Waals surface area contributed by atoms with Gasteiger partial charge < -0.3 is 25.6 Å². The van der Waals surface area contributed by atoms with Crippen LogP contribution in [0.25, 0.3) is 0 Å². The molecule has 0 aliphatic heterocycles. The summed E-state index contributed by atoms with van der Waals surface area (Å²) in [4.78, 5) is 54.4. The molecule has 0 saturated heterocycles. The van der Waals surface area contributed by atoms with Crippen LogP contribution in [-0.4, -0.2) is 58.6 Å². The third-order valence-corrected chi connectivity index (χ3v) is 7.64. The van der Waals surface area contributed by atoms with Crippen LogP contribution in [0, 0.1) is 17.7 Å². The second-order valence-electron chi connectivity index (χ2n) is 10.3. The number of carbonyl (C=O) groups is 4. The monoisotopic (exact) mass is 650 g/mol. The van der Waals surface area contributed by atoms with E-state index in [2.05, 4.69) is 31.5 Å². The lowest BCUT2D eigenvalue weighted by Gasteiger charge is -2.22. The first-order chi connectivity index (χ1) is 19.9. The number of aliphatic hydroxyl groups is 1. The Morgan fingerprint density at radius 3 is 2.52 bits per heavy atom. The number of halogens is 2. The second-order valence-corrected chi connectivity index (χ2v) is 11.3. The van der Waals surface area contributed by atoms with E-state index in [-0.39, 0.29) is 35.8 Å². The summed E-state index contributed by atoms with van der Waals surface area (Å²) in [6, 6.07) is 3.72. The zero-order chi connectivity index (χ0) is 31.1. The van der Waals surface area contributed by atoms with Crippen LogP contribution in [0.5, 0.6) is 5.75 Å². The standard InChI is InChI=1S/C29H36BrFN4O7/c1-5-14(3)24(32)27(38)41-13-15(4)25(37)28(39)42-26-17(21(36)6-2)8-9-19(31)23(26)18-11-20(18)34-29(40)35-22-10-7-16(30)12-33-22/h7-10,12,14-15,18,20,24,28,39H,5-6,11,13,32H2,1-4H3,(H2,33,34,35,40)/t14-,15?,18?,20?,24-,28?/m0/s1. The number of nitrogens with zero attached hydrogens (tertiary/aromatic N) is 1. The van der Waals surface area contributed by atoms with Crippen LogP contribution in [-0.2, 0) is 14.3 Å². The highest BCUT2D eigenvalue weighted by atomic mass is 79.9. The Morgan fingerprint density at radius 2 is 1.90 bits per heavy atom. The third-order valence-electron chi connectivity index (χ3n) is 7.17. The van der Waals surface area contributed by atoms with Gasteiger partial charge in [0, 0.05) is 34.6 Å². The number of hydrogen-bond donors (Lipinski definition) is 4. The van der Waals surface area contributed by atoms with E-state index in [9.17, 15) is 24.3 Å². The average Bonchev–Trinajstić information content (AvgIpc) is 3.72. The Bertz CT molecular complexity index is 1310. The van der Waals surface area contributed by atoms with Crippen LogP contribution in [0.15, 0.2) is 34.9 Å². The lowest BCUT2D eigenvalue weighted by Crippen LogP contribution is -2.40. The first-order valence-electron chi connectivity index (χ1n) is 13.7. The quantitative estimate of drug-likeness (QED) is 0.134. The van der Waals surface area contributed by atoms with Crippen LogP contribution in [0.3, 0.4) is 0 Å². The highest BCUT2D eigenvalue weighted by Gasteiger charge is 2.44. The zero-order valence-electron chi connectivity index (χ0n) is 23.9. The summed E-state index contributed by atoms with van der Waals surface area (Å²) in [5, 5.41) is 16.0. The molecule has 0 bridgehead atoms. The molecule has 42 heavy (non-hydrogen) atoms. The van der Waals surface area contributed by atoms with E-state index in [1.165, 1.54) is 19.2 Å². The topological polar surface area (TPSA) is 170 Å². The normalized spacial score (nSPS) is 18.7. The Labute approximate surface area is 251 Å². The van der Waals surface area contributed by atoms with Crippen molar-refractivity contribution in [3.8, 4) is 5.75 Å². The van der Waals surface area contributed by atoms with E-state index >= 15 is 4.39 Å². The van der Waals surface area contributed by atoms with Crippen LogP contribution in [0.2, 0.25) is 0 Å². The minimum absolute atomic E-state index is 0.00600. The number of carbonyl (C=O) groups excluding carboxylic acids is 4. The number of nitrogens with two attached hydrogens (primary N) is 1. The number of aliphatic hydroxyl groups excluding tert-OH is 1. The summed E-state index contributed by atoms with van der Waals surface area (Å²) in [6.07, 6.45) is 0.484. The summed E-state index contributed by atoms with van der Waals surface area (Å²) in [7, 11) is 0. The van der Waals surface area contributed by atoms with Gasteiger partial charge >= 0.3 is 12.0 Å². The molecule has 1 aliphatic carbocycles. The minimum atomic E-state index is -2.08. The van der Waals surface area contributed by atoms with Crippen molar-refractivity contribution < 1.29 is 38.1 Å². The van der Waals surface area contributed by atoms with E-state index in [4.69, 9.17) is 15.2 Å². The molecule has 5 N–H and O–H groups in total. The Morgan fingerprint density at radius 1 is 1.19 bits per heavy atom. The number of pyridine rings is 1. The van der Waals surface area contributed by atoms with Gasteiger partial charge in [-0.2, -0.15) is 0 Å². The maximum absolute atomic E-state index is 15.2. The number of amides is 2. The van der Waals surface area contributed by atoms with E-state index in [0.717, 1.165) is 10.5 Å². The molecule has 1 aromatic heterocycles. The van der Waals surface area contributed by atoms with Crippen LogP contribution >= 0.6 is 15.9 Å². The van der Waals surface area contributed by atoms with Crippen LogP contribution in [0.4, 0.5) is 15.0 Å². The molecule has 3 rings (SSSR count). The van der Waals surface area contributed by atoms with Gasteiger partial charge in [0.05, 0.1) is 11.5 Å². The number of aromatic nitrogens is 1. The molecule has 13 heteroatoms. The predicted molar refractivity (Wildman–Crippen MR) is 155 cm³/mol. The van der Waals surface area contributed by atoms with E-state index < -0.39 is 59.6 Å². The van der Waals surface area contributed by atoms with Gasteiger partial charge in [0.15, 0.2) is 5.78 Å². The second kappa shape index (κ2) is 14.7. The number of urea groups is 1. The Hall–Kier alpha value is -3.42. The van der Waals surface area contributed by atoms with Crippen molar-refractivity contribution in [2.45, 2.75) is 71.2 Å². The van der Waals surface area contributed by atoms with Gasteiger partial charge in [-0.25, -0.2) is 14.2 Å². The van der Waals surface area contributed by atoms with E-state index in [0.29, 0.717) is 18.7 Å². The average molecular weight is 652 g/mol. The minimum Gasteiger partial charge on any atom is -0.464 e. The van der Waals surface area contributed by atoms with Gasteiger partial charge in [0.1, 0.15) is 30.0 Å². The van der Waals surface area contributed by atoms with Gasteiger partial charge in [0.2, 0.25) is 5.78 Å². The van der Waals surface area contributed by atoms with Crippen molar-refractivity contribution in [3.63, 3.8) is 0 Å². The fraction of sp³-hybridized carbons (Fsp3) is 0.483. The van der Waals surface area contributed by atoms with Gasteiger partial charge in [-0.05, 0) is 52.5 Å². The molecule has 0 radical (unpaired) electrons. The van der Waals surface area contributed by atoms with Crippen molar-refractivity contribution in [1.29, 1.82) is 0 Å². The van der Waals surface area contributed by atoms with Gasteiger partial charge in [-0.3, -0.25) is 19.7 Å². The fourth-order valence-corrected chi connectivity index (χ4v) is 4.42. The molecule has 6 atom stereocenters. The first kappa shape index (κ1) is 33.1.